The molecule has 0 bridgehead atoms. The Morgan fingerprint density at radius 3 is 2.52 bits per heavy atom. The molecule has 1 aliphatic rings. The van der Waals surface area contributed by atoms with Crippen LogP contribution in [0, 0.1) is 18.3 Å². The van der Waals surface area contributed by atoms with Crippen molar-refractivity contribution in [2.24, 2.45) is 0 Å². The molecule has 152 valence electrons. The van der Waals surface area contributed by atoms with E-state index in [1.807, 2.05) is 6.07 Å². The topological polar surface area (TPSA) is 121 Å². The summed E-state index contributed by atoms with van der Waals surface area (Å²) >= 11 is 0.956. The Balaban J connectivity index is 1.69. The number of carbonyl (C=O) groups is 2. The molecule has 0 aliphatic carbocycles. The van der Waals surface area contributed by atoms with E-state index in [2.05, 4.69) is 9.72 Å². The van der Waals surface area contributed by atoms with E-state index in [1.165, 1.54) is 33.8 Å². The third-order valence-electron chi connectivity index (χ3n) is 4.54. The number of amides is 1. The summed E-state index contributed by atoms with van der Waals surface area (Å²) in [6.45, 7) is 2.36. The lowest BCUT2D eigenvalue weighted by Gasteiger charge is -2.33. The number of carbonyl (C=O) groups excluding carboxylic acids is 2. The zero-order valence-electron chi connectivity index (χ0n) is 15.8. The van der Waals surface area contributed by atoms with Gasteiger partial charge in [0.05, 0.1) is 23.9 Å². The molecule has 0 aromatic carbocycles. The molecule has 0 saturated carbocycles. The van der Waals surface area contributed by atoms with Crippen LogP contribution in [-0.2, 0) is 14.8 Å². The second kappa shape index (κ2) is 8.28. The number of hydrogen-bond acceptors (Lipinski definition) is 8. The average molecular weight is 434 g/mol. The third kappa shape index (κ3) is 4.14. The maximum Gasteiger partial charge on any atom is 0.338 e. The number of methoxy groups -OCH3 is 1. The predicted octanol–water partition coefficient (Wildman–Crippen LogP) is 1.26. The molecule has 0 N–H and O–H groups in total. The number of esters is 1. The zero-order chi connectivity index (χ0) is 21.2. The number of thiophene rings is 1. The van der Waals surface area contributed by atoms with Crippen molar-refractivity contribution in [1.82, 2.24) is 14.2 Å². The molecule has 0 radical (unpaired) electrons. The highest BCUT2D eigenvalue weighted by atomic mass is 32.2. The number of hydrogen-bond donors (Lipinski definition) is 0. The van der Waals surface area contributed by atoms with Gasteiger partial charge in [-0.25, -0.2) is 18.2 Å². The second-order valence-electron chi connectivity index (χ2n) is 6.28. The van der Waals surface area contributed by atoms with Crippen LogP contribution in [0.15, 0.2) is 27.8 Å². The minimum absolute atomic E-state index is 0.0575. The maximum absolute atomic E-state index is 12.8. The second-order valence-corrected chi connectivity index (χ2v) is 9.36. The number of nitriles is 1. The number of aromatic nitrogens is 1. The summed E-state index contributed by atoms with van der Waals surface area (Å²) in [6, 6.07) is 6.35. The maximum atomic E-state index is 12.8. The SMILES string of the molecule is COC(=O)c1csc(S(=O)(=O)N2CCN(C(=O)c3ccc(C#N)c(C)n3)CC2)c1. The number of nitrogens with zero attached hydrogens (tertiary/aromatic N) is 4. The lowest BCUT2D eigenvalue weighted by molar-refractivity contribution is 0.0600. The summed E-state index contributed by atoms with van der Waals surface area (Å²) in [5.74, 6) is -0.901. The molecular formula is C18H18N4O5S2. The smallest absolute Gasteiger partial charge is 0.338 e. The van der Waals surface area contributed by atoms with Gasteiger partial charge in [0.1, 0.15) is 16.0 Å². The van der Waals surface area contributed by atoms with Crippen LogP contribution in [0.3, 0.4) is 0 Å². The van der Waals surface area contributed by atoms with Gasteiger partial charge in [0.25, 0.3) is 15.9 Å². The molecule has 3 rings (SSSR count). The summed E-state index contributed by atoms with van der Waals surface area (Å²) in [4.78, 5) is 29.9. The van der Waals surface area contributed by atoms with Gasteiger partial charge in [-0.05, 0) is 25.1 Å². The highest BCUT2D eigenvalue weighted by Gasteiger charge is 2.32. The molecule has 1 saturated heterocycles. The molecule has 2 aromatic rings. The first-order valence-electron chi connectivity index (χ1n) is 8.62. The highest BCUT2D eigenvalue weighted by Crippen LogP contribution is 2.25. The Bertz CT molecular complexity index is 1100. The van der Waals surface area contributed by atoms with Crippen molar-refractivity contribution in [3.63, 3.8) is 0 Å². The van der Waals surface area contributed by atoms with E-state index >= 15 is 0 Å². The minimum atomic E-state index is -3.76. The van der Waals surface area contributed by atoms with E-state index in [4.69, 9.17) is 5.26 Å². The van der Waals surface area contributed by atoms with Crippen molar-refractivity contribution < 1.29 is 22.7 Å². The third-order valence-corrected chi connectivity index (χ3v) is 7.86. The summed E-state index contributed by atoms with van der Waals surface area (Å²) in [7, 11) is -2.53. The lowest BCUT2D eigenvalue weighted by Crippen LogP contribution is -2.50. The van der Waals surface area contributed by atoms with Crippen molar-refractivity contribution in [3.05, 3.63) is 46.1 Å². The van der Waals surface area contributed by atoms with E-state index in [0.717, 1.165) is 11.3 Å². The molecule has 29 heavy (non-hydrogen) atoms. The Kier molecular flexibility index (Phi) is 5.97. The van der Waals surface area contributed by atoms with Crippen LogP contribution in [0.1, 0.15) is 32.1 Å². The van der Waals surface area contributed by atoms with Gasteiger partial charge in [0, 0.05) is 31.6 Å². The molecular weight excluding hydrogens is 416 g/mol. The first-order valence-corrected chi connectivity index (χ1v) is 10.9. The van der Waals surface area contributed by atoms with Gasteiger partial charge in [-0.3, -0.25) is 4.79 Å². The fraction of sp³-hybridized carbons (Fsp3) is 0.333. The first-order chi connectivity index (χ1) is 13.8. The molecule has 9 nitrogen and oxygen atoms in total. The zero-order valence-corrected chi connectivity index (χ0v) is 17.4. The van der Waals surface area contributed by atoms with E-state index < -0.39 is 16.0 Å². The summed E-state index contributed by atoms with van der Waals surface area (Å²) < 4.78 is 31.6. The van der Waals surface area contributed by atoms with Crippen molar-refractivity contribution in [3.8, 4) is 6.07 Å². The molecule has 3 heterocycles. The Hall–Kier alpha value is -2.81. The van der Waals surface area contributed by atoms with Crippen molar-refractivity contribution in [2.75, 3.05) is 33.3 Å². The number of rotatable bonds is 4. The molecule has 0 spiro atoms. The molecule has 1 fully saturated rings. The van der Waals surface area contributed by atoms with Crippen LogP contribution < -0.4 is 0 Å². The van der Waals surface area contributed by atoms with Crippen molar-refractivity contribution in [1.29, 1.82) is 5.26 Å². The van der Waals surface area contributed by atoms with E-state index in [-0.39, 0.29) is 47.6 Å². The van der Waals surface area contributed by atoms with Crippen LogP contribution in [0.5, 0.6) is 0 Å². The van der Waals surface area contributed by atoms with Crippen LogP contribution in [0.4, 0.5) is 0 Å². The number of pyridine rings is 1. The summed E-state index contributed by atoms with van der Waals surface area (Å²) in [6.07, 6.45) is 0. The first kappa shape index (κ1) is 20.9. The Morgan fingerprint density at radius 1 is 1.24 bits per heavy atom. The standard InChI is InChI=1S/C18H18N4O5S2/c1-12-13(10-19)3-4-15(20-12)17(23)21-5-7-22(8-6-21)29(25,26)16-9-14(11-28-16)18(24)27-2/h3-4,9,11H,5-8H2,1-2H3. The number of ether oxygens (including phenoxy) is 1. The van der Waals surface area contributed by atoms with Crippen molar-refractivity contribution >= 4 is 33.2 Å². The Labute approximate surface area is 172 Å². The summed E-state index contributed by atoms with van der Waals surface area (Å²) in [5.41, 5.74) is 1.28. The minimum Gasteiger partial charge on any atom is -0.465 e. The Morgan fingerprint density at radius 2 is 1.93 bits per heavy atom. The van der Waals surface area contributed by atoms with Crippen LogP contribution >= 0.6 is 11.3 Å². The van der Waals surface area contributed by atoms with Gasteiger partial charge in [0.15, 0.2) is 0 Å². The average Bonchev–Trinajstić information content (AvgIpc) is 3.24. The largest absolute Gasteiger partial charge is 0.465 e. The van der Waals surface area contributed by atoms with Gasteiger partial charge in [-0.15, -0.1) is 11.3 Å². The quantitative estimate of drug-likeness (QED) is 0.664. The molecule has 0 atom stereocenters. The number of piperazine rings is 1. The number of sulfonamides is 1. The van der Waals surface area contributed by atoms with E-state index in [9.17, 15) is 18.0 Å². The van der Waals surface area contributed by atoms with E-state index in [1.54, 1.807) is 13.0 Å². The molecule has 0 unspecified atom stereocenters. The van der Waals surface area contributed by atoms with Gasteiger partial charge >= 0.3 is 5.97 Å². The molecule has 11 heteroatoms. The van der Waals surface area contributed by atoms with Gasteiger partial charge in [-0.2, -0.15) is 9.57 Å². The fourth-order valence-electron chi connectivity index (χ4n) is 2.90. The summed E-state index contributed by atoms with van der Waals surface area (Å²) in [5, 5.41) is 10.4. The molecule has 1 aliphatic heterocycles. The monoisotopic (exact) mass is 434 g/mol. The van der Waals surface area contributed by atoms with Crippen LogP contribution in [0.25, 0.3) is 0 Å². The number of aryl methyl sites for hydroxylation is 1. The van der Waals surface area contributed by atoms with Gasteiger partial charge in [-0.1, -0.05) is 0 Å². The van der Waals surface area contributed by atoms with Gasteiger partial charge in [0.2, 0.25) is 0 Å². The van der Waals surface area contributed by atoms with Crippen LogP contribution in [-0.4, -0.2) is 67.8 Å². The van der Waals surface area contributed by atoms with Crippen molar-refractivity contribution in [2.45, 2.75) is 11.1 Å². The normalized spacial score (nSPS) is 15.0. The van der Waals surface area contributed by atoms with Gasteiger partial charge < -0.3 is 9.64 Å². The fourth-order valence-corrected chi connectivity index (χ4v) is 5.62. The predicted molar refractivity (Wildman–Crippen MR) is 104 cm³/mol. The highest BCUT2D eigenvalue weighted by molar-refractivity contribution is 7.91. The van der Waals surface area contributed by atoms with Crippen LogP contribution in [0.2, 0.25) is 0 Å². The molecule has 2 aromatic heterocycles. The lowest BCUT2D eigenvalue weighted by atomic mass is 10.2. The molecule has 1 amide bonds. The van der Waals surface area contributed by atoms with E-state index in [0.29, 0.717) is 11.3 Å².